The Morgan fingerprint density at radius 3 is 2.68 bits per heavy atom. The molecule has 0 spiro atoms. The fourth-order valence-corrected chi connectivity index (χ4v) is 2.80. The lowest BCUT2D eigenvalue weighted by Crippen LogP contribution is -2.08. The van der Waals surface area contributed by atoms with E-state index in [1.807, 2.05) is 30.3 Å². The fraction of sp³-hybridized carbons (Fsp3) is 0.231. The molecule has 1 heterocycles. The highest BCUT2D eigenvalue weighted by Crippen LogP contribution is 2.26. The molecule has 6 heteroatoms. The summed E-state index contributed by atoms with van der Waals surface area (Å²) in [5.41, 5.74) is 1.89. The number of para-hydroxylation sites is 1. The van der Waals surface area contributed by atoms with Crippen molar-refractivity contribution in [1.82, 2.24) is 9.78 Å². The molecule has 0 amide bonds. The van der Waals surface area contributed by atoms with Crippen LogP contribution in [0.3, 0.4) is 0 Å². The number of halogens is 1. The van der Waals surface area contributed by atoms with Gasteiger partial charge in [0, 0.05) is 11.3 Å². The van der Waals surface area contributed by atoms with Crippen LogP contribution in [0.4, 0.5) is 0 Å². The summed E-state index contributed by atoms with van der Waals surface area (Å²) in [7, 11) is 0. The Kier molecular flexibility index (Phi) is 4.66. The van der Waals surface area contributed by atoms with Gasteiger partial charge in [-0.3, -0.25) is 0 Å². The smallest absolute Gasteiger partial charge is 0.359 e. The van der Waals surface area contributed by atoms with E-state index in [4.69, 9.17) is 4.74 Å². The topological polar surface area (TPSA) is 44.1 Å². The lowest BCUT2D eigenvalue weighted by molar-refractivity contribution is 0.0518. The Labute approximate surface area is 125 Å². The van der Waals surface area contributed by atoms with Gasteiger partial charge in [-0.2, -0.15) is 17.7 Å². The summed E-state index contributed by atoms with van der Waals surface area (Å²) in [6.07, 6.45) is 0. The van der Waals surface area contributed by atoms with Crippen LogP contribution in [0.5, 0.6) is 0 Å². The summed E-state index contributed by atoms with van der Waals surface area (Å²) in [6, 6.07) is 9.57. The van der Waals surface area contributed by atoms with Crippen molar-refractivity contribution in [3.8, 4) is 5.69 Å². The van der Waals surface area contributed by atoms with Crippen molar-refractivity contribution < 1.29 is 9.53 Å². The van der Waals surface area contributed by atoms with Gasteiger partial charge in [0.25, 0.3) is 0 Å². The second-order valence-corrected chi connectivity index (χ2v) is 4.81. The second-order valence-electron chi connectivity index (χ2n) is 3.74. The van der Waals surface area contributed by atoms with Crippen molar-refractivity contribution in [2.45, 2.75) is 12.7 Å². The van der Waals surface area contributed by atoms with Gasteiger partial charge in [-0.05, 0) is 35.0 Å². The molecule has 0 bridgehead atoms. The van der Waals surface area contributed by atoms with E-state index in [0.717, 1.165) is 15.9 Å². The minimum atomic E-state index is -0.429. The number of thiol groups is 1. The zero-order valence-corrected chi connectivity index (χ0v) is 12.8. The molecule has 0 aliphatic heterocycles. The van der Waals surface area contributed by atoms with Gasteiger partial charge >= 0.3 is 5.97 Å². The number of esters is 1. The van der Waals surface area contributed by atoms with Crippen molar-refractivity contribution in [2.75, 3.05) is 6.61 Å². The molecule has 0 aliphatic rings. The molecule has 1 aromatic carbocycles. The third-order valence-electron chi connectivity index (χ3n) is 2.55. The van der Waals surface area contributed by atoms with Crippen LogP contribution in [0.1, 0.15) is 23.0 Å². The van der Waals surface area contributed by atoms with E-state index in [-0.39, 0.29) is 0 Å². The summed E-state index contributed by atoms with van der Waals surface area (Å²) in [5.74, 6) is -0.0244. The average Bonchev–Trinajstić information content (AvgIpc) is 2.77. The molecule has 100 valence electrons. The molecule has 1 aromatic heterocycles. The molecule has 0 atom stereocenters. The van der Waals surface area contributed by atoms with Crippen LogP contribution in [0.2, 0.25) is 0 Å². The van der Waals surface area contributed by atoms with Crippen LogP contribution in [0.15, 0.2) is 34.9 Å². The van der Waals surface area contributed by atoms with Crippen LogP contribution in [0, 0.1) is 0 Å². The van der Waals surface area contributed by atoms with Crippen molar-refractivity contribution in [3.05, 3.63) is 46.2 Å². The first kappa shape index (κ1) is 14.1. The molecular formula is C13H13BrN2O2S. The van der Waals surface area contributed by atoms with Gasteiger partial charge in [0.2, 0.25) is 0 Å². The highest BCUT2D eigenvalue weighted by Gasteiger charge is 2.22. The van der Waals surface area contributed by atoms with Gasteiger partial charge in [-0.25, -0.2) is 9.48 Å². The highest BCUT2D eigenvalue weighted by atomic mass is 79.9. The summed E-state index contributed by atoms with van der Waals surface area (Å²) in [5, 5.41) is 4.32. The number of aromatic nitrogens is 2. The van der Waals surface area contributed by atoms with Crippen molar-refractivity contribution >= 4 is 34.5 Å². The van der Waals surface area contributed by atoms with E-state index in [1.54, 1.807) is 11.6 Å². The first-order chi connectivity index (χ1) is 9.19. The predicted molar refractivity (Wildman–Crippen MR) is 79.9 cm³/mol. The summed E-state index contributed by atoms with van der Waals surface area (Å²) >= 11 is 7.71. The van der Waals surface area contributed by atoms with Gasteiger partial charge in [-0.1, -0.05) is 18.2 Å². The van der Waals surface area contributed by atoms with E-state index in [1.165, 1.54) is 0 Å². The van der Waals surface area contributed by atoms with Gasteiger partial charge in [0.05, 0.1) is 12.3 Å². The van der Waals surface area contributed by atoms with Gasteiger partial charge < -0.3 is 4.74 Å². The quantitative estimate of drug-likeness (QED) is 0.686. The molecule has 0 N–H and O–H groups in total. The Morgan fingerprint density at radius 1 is 1.42 bits per heavy atom. The van der Waals surface area contributed by atoms with Crippen LogP contribution in [-0.2, 0) is 10.5 Å². The number of rotatable bonds is 4. The van der Waals surface area contributed by atoms with Gasteiger partial charge in [0.15, 0.2) is 5.69 Å². The normalized spacial score (nSPS) is 10.5. The third-order valence-corrected chi connectivity index (χ3v) is 3.68. The summed E-state index contributed by atoms with van der Waals surface area (Å²) in [6.45, 7) is 2.09. The Morgan fingerprint density at radius 2 is 2.11 bits per heavy atom. The van der Waals surface area contributed by atoms with Crippen molar-refractivity contribution in [2.24, 2.45) is 0 Å². The predicted octanol–water partition coefficient (Wildman–Crippen LogP) is 3.24. The van der Waals surface area contributed by atoms with Gasteiger partial charge in [0.1, 0.15) is 4.60 Å². The lowest BCUT2D eigenvalue weighted by Gasteiger charge is -2.02. The number of carbonyl (C=O) groups is 1. The average molecular weight is 341 g/mol. The molecule has 0 aliphatic carbocycles. The highest BCUT2D eigenvalue weighted by molar-refractivity contribution is 9.10. The molecule has 0 unspecified atom stereocenters. The SMILES string of the molecule is CCOC(=O)c1nn(-c2ccccc2)c(Br)c1CS. The Bertz CT molecular complexity index is 584. The monoisotopic (exact) mass is 340 g/mol. The molecule has 2 aromatic rings. The standard InChI is InChI=1S/C13H13BrN2O2S/c1-2-18-13(17)11-10(8-19)12(14)16(15-11)9-6-4-3-5-7-9/h3-7,19H,2,8H2,1H3. The molecule has 4 nitrogen and oxygen atoms in total. The van der Waals surface area contributed by atoms with Gasteiger partial charge in [-0.15, -0.1) is 0 Å². The molecule has 0 saturated heterocycles. The minimum Gasteiger partial charge on any atom is -0.461 e. The number of carbonyl (C=O) groups excluding carboxylic acids is 1. The third kappa shape index (κ3) is 2.84. The number of hydrogen-bond acceptors (Lipinski definition) is 4. The molecule has 0 fully saturated rings. The first-order valence-corrected chi connectivity index (χ1v) is 7.22. The van der Waals surface area contributed by atoms with E-state index in [2.05, 4.69) is 33.7 Å². The molecule has 19 heavy (non-hydrogen) atoms. The molecule has 0 saturated carbocycles. The van der Waals surface area contributed by atoms with Crippen molar-refractivity contribution in [1.29, 1.82) is 0 Å². The Balaban J connectivity index is 2.50. The van der Waals surface area contributed by atoms with Crippen LogP contribution in [0.25, 0.3) is 5.69 Å². The van der Waals surface area contributed by atoms with E-state index in [9.17, 15) is 4.79 Å². The van der Waals surface area contributed by atoms with E-state index < -0.39 is 5.97 Å². The van der Waals surface area contributed by atoms with Crippen LogP contribution >= 0.6 is 28.6 Å². The van der Waals surface area contributed by atoms with E-state index in [0.29, 0.717) is 18.1 Å². The fourth-order valence-electron chi connectivity index (χ4n) is 1.67. The van der Waals surface area contributed by atoms with Crippen LogP contribution in [-0.4, -0.2) is 22.4 Å². The molecular weight excluding hydrogens is 328 g/mol. The van der Waals surface area contributed by atoms with Crippen LogP contribution < -0.4 is 0 Å². The maximum Gasteiger partial charge on any atom is 0.359 e. The Hall–Kier alpha value is -1.27. The van der Waals surface area contributed by atoms with Crippen molar-refractivity contribution in [3.63, 3.8) is 0 Å². The summed E-state index contributed by atoms with van der Waals surface area (Å²) < 4.78 is 7.39. The number of ether oxygens (including phenoxy) is 1. The summed E-state index contributed by atoms with van der Waals surface area (Å²) in [4.78, 5) is 11.9. The second kappa shape index (κ2) is 6.25. The zero-order valence-electron chi connectivity index (χ0n) is 10.3. The maximum absolute atomic E-state index is 11.9. The van der Waals surface area contributed by atoms with E-state index >= 15 is 0 Å². The lowest BCUT2D eigenvalue weighted by atomic mass is 10.3. The zero-order chi connectivity index (χ0) is 13.8. The number of nitrogens with zero attached hydrogens (tertiary/aromatic N) is 2. The maximum atomic E-state index is 11.9. The largest absolute Gasteiger partial charge is 0.461 e. The number of benzene rings is 1. The minimum absolute atomic E-state index is 0.299. The number of hydrogen-bond donors (Lipinski definition) is 1. The first-order valence-electron chi connectivity index (χ1n) is 5.79. The molecule has 0 radical (unpaired) electrons. The molecule has 2 rings (SSSR count).